The van der Waals surface area contributed by atoms with Crippen LogP contribution in [0.3, 0.4) is 0 Å². The molecule has 308 valence electrons. The fraction of sp³-hybridized carbons (Fsp3) is 0.927. The normalized spacial score (nSPS) is 52.5. The highest BCUT2D eigenvalue weighted by Gasteiger charge is 2.70. The molecule has 5 unspecified atom stereocenters. The van der Waals surface area contributed by atoms with E-state index in [9.17, 15) is 45.6 Å². The number of hydrogen-bond acceptors (Lipinski definition) is 12. The third kappa shape index (κ3) is 5.92. The maximum atomic E-state index is 13.0. The number of aliphatic carboxylic acids is 1. The molecule has 0 aromatic carbocycles. The van der Waals surface area contributed by atoms with Crippen LogP contribution in [0.5, 0.6) is 0 Å². The number of aliphatic hydroxyl groups excluding tert-OH is 7. The van der Waals surface area contributed by atoms with Crippen molar-refractivity contribution in [3.05, 3.63) is 11.6 Å². The SMILES string of the molecule is CC1(C)CC[C@]2(C(=O)O)CC[C@]3(CO)C(=CCC4C5(C)CC[C@H](O[C@@H]6OC[C@H](O[C@@H]7O[C@H](CO)[C@@H](O)[C@H](O)[C@H]7O)[C@H](O)[C@H]6O)C(C)(C)C5CCC43C)C2C1. The molecule has 0 aromatic rings. The van der Waals surface area contributed by atoms with E-state index in [1.54, 1.807) is 0 Å². The van der Waals surface area contributed by atoms with Gasteiger partial charge >= 0.3 is 5.97 Å². The van der Waals surface area contributed by atoms with Crippen molar-refractivity contribution in [2.45, 2.75) is 167 Å². The molecule has 2 aliphatic heterocycles. The summed E-state index contributed by atoms with van der Waals surface area (Å²) >= 11 is 0. The number of hydrogen-bond donors (Lipinski definition) is 8. The first-order valence-electron chi connectivity index (χ1n) is 20.4. The summed E-state index contributed by atoms with van der Waals surface area (Å²) in [6.07, 6.45) is -2.85. The van der Waals surface area contributed by atoms with Crippen LogP contribution in [-0.4, -0.2) is 128 Å². The lowest BCUT2D eigenvalue weighted by atomic mass is 9.33. The van der Waals surface area contributed by atoms with Gasteiger partial charge in [-0.3, -0.25) is 4.79 Å². The van der Waals surface area contributed by atoms with Crippen LogP contribution in [-0.2, 0) is 23.7 Å². The lowest BCUT2D eigenvalue weighted by Crippen LogP contribution is -2.67. The Morgan fingerprint density at radius 3 is 2.15 bits per heavy atom. The highest BCUT2D eigenvalue weighted by atomic mass is 16.7. The van der Waals surface area contributed by atoms with Gasteiger partial charge < -0.3 is 59.8 Å². The molecule has 17 atom stereocenters. The van der Waals surface area contributed by atoms with Crippen LogP contribution in [0.15, 0.2) is 11.6 Å². The molecule has 0 amide bonds. The largest absolute Gasteiger partial charge is 0.481 e. The van der Waals surface area contributed by atoms with E-state index in [1.807, 2.05) is 0 Å². The van der Waals surface area contributed by atoms with E-state index in [0.29, 0.717) is 25.7 Å². The maximum Gasteiger partial charge on any atom is 0.310 e. The average Bonchev–Trinajstić information content (AvgIpc) is 3.11. The Balaban J connectivity index is 1.07. The van der Waals surface area contributed by atoms with Gasteiger partial charge in [0, 0.05) is 5.41 Å². The third-order valence-electron chi connectivity index (χ3n) is 16.8. The van der Waals surface area contributed by atoms with Crippen molar-refractivity contribution in [3.8, 4) is 0 Å². The van der Waals surface area contributed by atoms with Gasteiger partial charge in [0.2, 0.25) is 0 Å². The Bertz CT molecular complexity index is 1450. The smallest absolute Gasteiger partial charge is 0.310 e. The van der Waals surface area contributed by atoms with Gasteiger partial charge in [0.1, 0.15) is 42.7 Å². The van der Waals surface area contributed by atoms with Gasteiger partial charge in [0.25, 0.3) is 0 Å². The van der Waals surface area contributed by atoms with E-state index in [-0.39, 0.29) is 58.7 Å². The second-order valence-corrected chi connectivity index (χ2v) is 20.1. The predicted octanol–water partition coefficient (Wildman–Crippen LogP) is 2.49. The topological polar surface area (TPSA) is 216 Å². The standard InChI is InChI=1S/C41H66O13/c1-36(2)13-14-40(35(49)50)15-16-41(20-43)21(22(40)17-36)7-8-26-38(5)11-10-27(37(3,4)25(38)9-12-39(26,41)6)54-33-31(47)29(45)24(19-51-33)53-34-32(48)30(46)28(44)23(18-42)52-34/h7,22-34,42-48H,8-20H2,1-6H3,(H,49,50)/t22?,23-,24+,25?,26?,27+,28-,29+,30+,31-,32-,33+,34+,38?,39?,40+,41+/m1/s1. The summed E-state index contributed by atoms with van der Waals surface area (Å²) in [4.78, 5) is 13.0. The number of fused-ring (bicyclic) bond motifs is 7. The fourth-order valence-corrected chi connectivity index (χ4v) is 13.5. The highest BCUT2D eigenvalue weighted by Crippen LogP contribution is 2.76. The summed E-state index contributed by atoms with van der Waals surface area (Å²) < 4.78 is 23.7. The Morgan fingerprint density at radius 2 is 1.48 bits per heavy atom. The van der Waals surface area contributed by atoms with E-state index in [0.717, 1.165) is 38.5 Å². The Kier molecular flexibility index (Phi) is 10.6. The number of carboxylic acid groups (broad SMARTS) is 1. The van der Waals surface area contributed by atoms with Gasteiger partial charge in [0.15, 0.2) is 12.6 Å². The molecule has 13 heteroatoms. The first-order valence-corrected chi connectivity index (χ1v) is 20.4. The Morgan fingerprint density at radius 1 is 0.796 bits per heavy atom. The number of aliphatic hydroxyl groups is 7. The van der Waals surface area contributed by atoms with Gasteiger partial charge in [-0.1, -0.05) is 53.2 Å². The summed E-state index contributed by atoms with van der Waals surface area (Å²) in [6.45, 7) is 12.9. The van der Waals surface area contributed by atoms with Gasteiger partial charge in [-0.2, -0.15) is 0 Å². The van der Waals surface area contributed by atoms with Crippen molar-refractivity contribution in [1.29, 1.82) is 0 Å². The van der Waals surface area contributed by atoms with E-state index in [2.05, 4.69) is 47.6 Å². The zero-order chi connectivity index (χ0) is 39.4. The first-order chi connectivity index (χ1) is 25.2. The predicted molar refractivity (Wildman–Crippen MR) is 193 cm³/mol. The molecule has 5 aliphatic carbocycles. The van der Waals surface area contributed by atoms with E-state index in [4.69, 9.17) is 18.9 Å². The number of ether oxygens (including phenoxy) is 4. The fourth-order valence-electron chi connectivity index (χ4n) is 13.5. The lowest BCUT2D eigenvalue weighted by molar-refractivity contribution is -0.351. The van der Waals surface area contributed by atoms with Crippen LogP contribution >= 0.6 is 0 Å². The van der Waals surface area contributed by atoms with E-state index >= 15 is 0 Å². The summed E-state index contributed by atoms with van der Waals surface area (Å²) in [7, 11) is 0. The van der Waals surface area contributed by atoms with Crippen molar-refractivity contribution in [3.63, 3.8) is 0 Å². The lowest BCUT2D eigenvalue weighted by Gasteiger charge is -2.71. The second kappa shape index (κ2) is 14.0. The van der Waals surface area contributed by atoms with Crippen molar-refractivity contribution in [1.82, 2.24) is 0 Å². The minimum absolute atomic E-state index is 0.0225. The number of carboxylic acids is 1. The molecule has 2 heterocycles. The molecule has 54 heavy (non-hydrogen) atoms. The molecule has 7 rings (SSSR count). The van der Waals surface area contributed by atoms with Crippen LogP contribution in [0, 0.1) is 50.2 Å². The molecule has 0 bridgehead atoms. The molecule has 0 radical (unpaired) electrons. The van der Waals surface area contributed by atoms with Crippen molar-refractivity contribution in [2.75, 3.05) is 19.8 Å². The van der Waals surface area contributed by atoms with E-state index in [1.165, 1.54) is 5.57 Å². The molecule has 0 spiro atoms. The summed E-state index contributed by atoms with van der Waals surface area (Å²) in [5, 5.41) is 84.8. The quantitative estimate of drug-likeness (QED) is 0.138. The minimum Gasteiger partial charge on any atom is -0.481 e. The van der Waals surface area contributed by atoms with Gasteiger partial charge in [-0.25, -0.2) is 0 Å². The van der Waals surface area contributed by atoms with Crippen LogP contribution in [0.1, 0.15) is 106 Å². The molecule has 7 aliphatic rings. The minimum atomic E-state index is -1.66. The van der Waals surface area contributed by atoms with Crippen molar-refractivity contribution >= 4 is 5.97 Å². The van der Waals surface area contributed by atoms with Crippen LogP contribution in [0.2, 0.25) is 0 Å². The summed E-state index contributed by atoms with van der Waals surface area (Å²) in [6, 6.07) is 0. The summed E-state index contributed by atoms with van der Waals surface area (Å²) in [5.41, 5.74) is -0.646. The molecule has 0 aromatic heterocycles. The molecule has 4 saturated carbocycles. The van der Waals surface area contributed by atoms with Gasteiger partial charge in [0.05, 0.1) is 31.3 Å². The number of carbonyl (C=O) groups is 1. The zero-order valence-corrected chi connectivity index (χ0v) is 32.9. The third-order valence-corrected chi connectivity index (χ3v) is 16.8. The maximum absolute atomic E-state index is 13.0. The molecule has 2 saturated heterocycles. The average molecular weight is 767 g/mol. The Hall–Kier alpha value is -1.23. The van der Waals surface area contributed by atoms with Gasteiger partial charge in [-0.15, -0.1) is 0 Å². The number of rotatable bonds is 7. The first kappa shape index (κ1) is 40.9. The van der Waals surface area contributed by atoms with E-state index < -0.39 is 78.7 Å². The molecule has 13 nitrogen and oxygen atoms in total. The molecule has 6 fully saturated rings. The molecular weight excluding hydrogens is 700 g/mol. The van der Waals surface area contributed by atoms with Crippen LogP contribution < -0.4 is 0 Å². The van der Waals surface area contributed by atoms with Crippen molar-refractivity contribution < 1.29 is 64.6 Å². The van der Waals surface area contributed by atoms with Gasteiger partial charge in [-0.05, 0) is 104 Å². The van der Waals surface area contributed by atoms with Crippen LogP contribution in [0.4, 0.5) is 0 Å². The molecule has 8 N–H and O–H groups in total. The highest BCUT2D eigenvalue weighted by molar-refractivity contribution is 5.76. The monoisotopic (exact) mass is 766 g/mol. The zero-order valence-electron chi connectivity index (χ0n) is 32.9. The second-order valence-electron chi connectivity index (χ2n) is 20.1. The summed E-state index contributed by atoms with van der Waals surface area (Å²) in [5.74, 6) is -0.249. The van der Waals surface area contributed by atoms with Crippen LogP contribution in [0.25, 0.3) is 0 Å². The Labute approximate surface area is 319 Å². The van der Waals surface area contributed by atoms with Crippen molar-refractivity contribution in [2.24, 2.45) is 50.2 Å². The molecular formula is C41H66O13. The number of allylic oxidation sites excluding steroid dienone is 1.